The Kier molecular flexibility index (Phi) is 6.11. The Hall–Kier alpha value is -6.22. The summed E-state index contributed by atoms with van der Waals surface area (Å²) in [6, 6.07) is 66.9. The van der Waals surface area contributed by atoms with Gasteiger partial charge in [0.15, 0.2) is 0 Å². The third-order valence-corrected chi connectivity index (χ3v) is 12.4. The van der Waals surface area contributed by atoms with E-state index in [4.69, 9.17) is 0 Å². The third-order valence-electron chi connectivity index (χ3n) is 11.1. The van der Waals surface area contributed by atoms with Crippen molar-refractivity contribution in [2.45, 2.75) is 5.41 Å². The first kappa shape index (κ1) is 28.6. The van der Waals surface area contributed by atoms with Crippen LogP contribution in [0, 0.1) is 0 Å². The van der Waals surface area contributed by atoms with Crippen molar-refractivity contribution < 1.29 is 0 Å². The highest BCUT2D eigenvalue weighted by Crippen LogP contribution is 2.64. The van der Waals surface area contributed by atoms with E-state index in [-0.39, 0.29) is 5.41 Å². The van der Waals surface area contributed by atoms with E-state index >= 15 is 0 Å². The van der Waals surface area contributed by atoms with E-state index in [0.717, 1.165) is 11.4 Å². The van der Waals surface area contributed by atoms with Crippen molar-refractivity contribution in [3.63, 3.8) is 0 Å². The summed E-state index contributed by atoms with van der Waals surface area (Å²) >= 11 is 1.90. The highest BCUT2D eigenvalue weighted by atomic mass is 32.1. The predicted octanol–water partition coefficient (Wildman–Crippen LogP) is 13.5. The summed E-state index contributed by atoms with van der Waals surface area (Å²) in [5.41, 5.74) is 17.5. The summed E-state index contributed by atoms with van der Waals surface area (Å²) in [5.74, 6) is 0. The second-order valence-electron chi connectivity index (χ2n) is 13.6. The van der Waals surface area contributed by atoms with E-state index in [1.165, 1.54) is 86.9 Å². The molecule has 0 unspecified atom stereocenters. The molecule has 0 saturated carbocycles. The number of rotatable bonds is 4. The molecule has 238 valence electrons. The van der Waals surface area contributed by atoms with E-state index in [0.29, 0.717) is 0 Å². The van der Waals surface area contributed by atoms with E-state index in [9.17, 15) is 0 Å². The molecule has 0 amide bonds. The van der Waals surface area contributed by atoms with Crippen LogP contribution in [0.5, 0.6) is 0 Å². The molecule has 0 aliphatic heterocycles. The molecule has 1 spiro atoms. The Morgan fingerprint density at radius 1 is 0.353 bits per heavy atom. The lowest BCUT2D eigenvalue weighted by molar-refractivity contribution is 0.794. The standard InChI is InChI=1S/C49H31NS/c1-3-15-31(16-4-1)33-22-13-23-38-46-44(30-29-34(48(46)51-47(33)38)32-17-5-2-6-18-32)50-43-28-14-27-42-45(43)37-21-9-12-26-41(37)49(42)39-24-10-7-19-35(39)36-20-8-11-25-40(36)49/h1-30,50H. The summed E-state index contributed by atoms with van der Waals surface area (Å²) in [4.78, 5) is 0. The summed E-state index contributed by atoms with van der Waals surface area (Å²) in [6.45, 7) is 0. The lowest BCUT2D eigenvalue weighted by Crippen LogP contribution is -2.25. The lowest BCUT2D eigenvalue weighted by atomic mass is 9.70. The molecular weight excluding hydrogens is 635 g/mol. The van der Waals surface area contributed by atoms with Crippen LogP contribution in [0.1, 0.15) is 22.3 Å². The lowest BCUT2D eigenvalue weighted by Gasteiger charge is -2.30. The maximum atomic E-state index is 4.07. The van der Waals surface area contributed by atoms with Gasteiger partial charge in [0.25, 0.3) is 0 Å². The van der Waals surface area contributed by atoms with E-state index < -0.39 is 0 Å². The van der Waals surface area contributed by atoms with Gasteiger partial charge in [-0.2, -0.15) is 0 Å². The van der Waals surface area contributed by atoms with Gasteiger partial charge in [0.2, 0.25) is 0 Å². The van der Waals surface area contributed by atoms with Gasteiger partial charge in [0.05, 0.1) is 5.41 Å². The summed E-state index contributed by atoms with van der Waals surface area (Å²) < 4.78 is 2.61. The van der Waals surface area contributed by atoms with Gasteiger partial charge in [-0.05, 0) is 73.3 Å². The van der Waals surface area contributed by atoms with Gasteiger partial charge in [-0.1, -0.05) is 170 Å². The molecule has 1 nitrogen and oxygen atoms in total. The minimum absolute atomic E-state index is 0.372. The Balaban J connectivity index is 1.17. The van der Waals surface area contributed by atoms with Crippen molar-refractivity contribution in [1.82, 2.24) is 0 Å². The quantitative estimate of drug-likeness (QED) is 0.197. The second-order valence-corrected chi connectivity index (χ2v) is 14.6. The van der Waals surface area contributed by atoms with Gasteiger partial charge >= 0.3 is 0 Å². The van der Waals surface area contributed by atoms with E-state index in [1.54, 1.807) is 0 Å². The maximum absolute atomic E-state index is 4.07. The first-order valence-corrected chi connectivity index (χ1v) is 18.4. The van der Waals surface area contributed by atoms with Gasteiger partial charge in [0.1, 0.15) is 0 Å². The molecule has 0 radical (unpaired) electrons. The third kappa shape index (κ3) is 3.91. The monoisotopic (exact) mass is 665 g/mol. The number of fused-ring (bicyclic) bond motifs is 13. The maximum Gasteiger partial charge on any atom is 0.0726 e. The molecule has 8 aromatic carbocycles. The van der Waals surface area contributed by atoms with Crippen LogP contribution in [0.25, 0.3) is 64.7 Å². The molecular formula is C49H31NS. The number of hydrogen-bond donors (Lipinski definition) is 1. The highest BCUT2D eigenvalue weighted by molar-refractivity contribution is 7.27. The number of benzene rings is 8. The Labute approximate surface area is 301 Å². The van der Waals surface area contributed by atoms with Crippen molar-refractivity contribution in [2.75, 3.05) is 5.32 Å². The zero-order valence-corrected chi connectivity index (χ0v) is 28.5. The van der Waals surface area contributed by atoms with Gasteiger partial charge in [-0.3, -0.25) is 0 Å². The molecule has 9 aromatic rings. The minimum atomic E-state index is -0.372. The zero-order chi connectivity index (χ0) is 33.5. The fraction of sp³-hybridized carbons (Fsp3) is 0.0204. The minimum Gasteiger partial charge on any atom is -0.354 e. The number of thiophene rings is 1. The molecule has 0 atom stereocenters. The van der Waals surface area contributed by atoms with Crippen LogP contribution in [-0.2, 0) is 5.41 Å². The largest absolute Gasteiger partial charge is 0.354 e. The van der Waals surface area contributed by atoms with Gasteiger partial charge in [-0.25, -0.2) is 0 Å². The van der Waals surface area contributed by atoms with Gasteiger partial charge < -0.3 is 5.32 Å². The summed E-state index contributed by atoms with van der Waals surface area (Å²) in [6.07, 6.45) is 0. The van der Waals surface area contributed by atoms with Crippen molar-refractivity contribution in [2.24, 2.45) is 0 Å². The molecule has 11 rings (SSSR count). The normalized spacial score (nSPS) is 13.3. The Morgan fingerprint density at radius 3 is 1.53 bits per heavy atom. The van der Waals surface area contributed by atoms with Crippen LogP contribution in [0.3, 0.4) is 0 Å². The van der Waals surface area contributed by atoms with Crippen LogP contribution in [0.15, 0.2) is 182 Å². The van der Waals surface area contributed by atoms with Crippen LogP contribution in [-0.4, -0.2) is 0 Å². The molecule has 1 heterocycles. The number of hydrogen-bond acceptors (Lipinski definition) is 2. The molecule has 1 N–H and O–H groups in total. The first-order valence-electron chi connectivity index (χ1n) is 17.6. The van der Waals surface area contributed by atoms with Gasteiger partial charge in [-0.15, -0.1) is 11.3 Å². The SMILES string of the molecule is c1ccc(-c2cccc3c2sc2c(-c4ccccc4)ccc(Nc4cccc5c4-c4ccccc4C54c5ccccc5-c5ccccc54)c23)cc1. The van der Waals surface area contributed by atoms with Crippen molar-refractivity contribution in [3.8, 4) is 44.5 Å². The first-order chi connectivity index (χ1) is 25.3. The van der Waals surface area contributed by atoms with Crippen molar-refractivity contribution >= 4 is 42.9 Å². The molecule has 2 heteroatoms. The van der Waals surface area contributed by atoms with E-state index in [1.807, 2.05) is 11.3 Å². The van der Waals surface area contributed by atoms with Crippen molar-refractivity contribution in [3.05, 3.63) is 204 Å². The topological polar surface area (TPSA) is 12.0 Å². The average Bonchev–Trinajstić information content (AvgIpc) is 3.84. The smallest absolute Gasteiger partial charge is 0.0726 e. The molecule has 0 fully saturated rings. The number of anilines is 2. The molecule has 2 aliphatic carbocycles. The van der Waals surface area contributed by atoms with Crippen LogP contribution in [0.2, 0.25) is 0 Å². The zero-order valence-electron chi connectivity index (χ0n) is 27.7. The van der Waals surface area contributed by atoms with Crippen LogP contribution in [0.4, 0.5) is 11.4 Å². The highest BCUT2D eigenvalue weighted by Gasteiger charge is 2.52. The number of nitrogens with one attached hydrogen (secondary N) is 1. The molecule has 2 aliphatic rings. The summed E-state index contributed by atoms with van der Waals surface area (Å²) in [7, 11) is 0. The van der Waals surface area contributed by atoms with Gasteiger partial charge in [0, 0.05) is 37.1 Å². The Bertz CT molecular complexity index is 2780. The second kappa shape index (κ2) is 10.9. The molecule has 51 heavy (non-hydrogen) atoms. The summed E-state index contributed by atoms with van der Waals surface area (Å²) in [5, 5.41) is 6.61. The molecule has 0 bridgehead atoms. The molecule has 1 aromatic heterocycles. The molecule has 0 saturated heterocycles. The predicted molar refractivity (Wildman–Crippen MR) is 216 cm³/mol. The van der Waals surface area contributed by atoms with Crippen molar-refractivity contribution in [1.29, 1.82) is 0 Å². The van der Waals surface area contributed by atoms with Crippen LogP contribution >= 0.6 is 11.3 Å². The fourth-order valence-electron chi connectivity index (χ4n) is 9.09. The Morgan fingerprint density at radius 2 is 0.863 bits per heavy atom. The van der Waals surface area contributed by atoms with E-state index in [2.05, 4.69) is 187 Å². The average molecular weight is 666 g/mol. The fourth-order valence-corrected chi connectivity index (χ4v) is 10.5. The van der Waals surface area contributed by atoms with Crippen LogP contribution < -0.4 is 5.32 Å².